The zero-order valence-corrected chi connectivity index (χ0v) is 11.2. The highest BCUT2D eigenvalue weighted by Gasteiger charge is 2.29. The molecule has 0 fully saturated rings. The Morgan fingerprint density at radius 3 is 2.84 bits per heavy atom. The van der Waals surface area contributed by atoms with Crippen LogP contribution < -0.4 is 11.1 Å². The summed E-state index contributed by atoms with van der Waals surface area (Å²) in [5.41, 5.74) is 5.98. The number of amides is 1. The molecule has 0 saturated carbocycles. The molecule has 102 valence electrons. The Morgan fingerprint density at radius 2 is 2.21 bits per heavy atom. The number of anilines is 1. The molecule has 1 amide bonds. The van der Waals surface area contributed by atoms with Gasteiger partial charge >= 0.3 is 0 Å². The third-order valence-electron chi connectivity index (χ3n) is 3.15. The molecule has 0 bridgehead atoms. The number of rotatable bonds is 3. The summed E-state index contributed by atoms with van der Waals surface area (Å²) in [6.45, 7) is 3.94. The molecular formula is C13H17FN4O. The van der Waals surface area contributed by atoms with Gasteiger partial charge in [0.2, 0.25) is 11.9 Å². The standard InChI is InChI=1S/C13H17FN4O/c1-13(2,11(19)16-3)7-18-9-6-4-5-8(14)10(9)17-12(18)15/h4-6H,7H2,1-3H3,(H2,15,17)(H,16,19). The van der Waals surface area contributed by atoms with Crippen molar-refractivity contribution < 1.29 is 9.18 Å². The Kier molecular flexibility index (Phi) is 3.18. The number of carbonyl (C=O) groups is 1. The Labute approximate surface area is 110 Å². The molecule has 1 heterocycles. The van der Waals surface area contributed by atoms with E-state index in [-0.39, 0.29) is 17.4 Å². The van der Waals surface area contributed by atoms with Crippen LogP contribution in [-0.2, 0) is 11.3 Å². The minimum atomic E-state index is -0.664. The molecule has 2 aromatic rings. The molecule has 5 nitrogen and oxygen atoms in total. The number of nitrogen functional groups attached to an aromatic ring is 1. The molecular weight excluding hydrogens is 247 g/mol. The maximum absolute atomic E-state index is 13.6. The van der Waals surface area contributed by atoms with E-state index in [4.69, 9.17) is 5.73 Å². The summed E-state index contributed by atoms with van der Waals surface area (Å²) in [4.78, 5) is 15.8. The molecule has 3 N–H and O–H groups in total. The molecule has 1 aromatic heterocycles. The monoisotopic (exact) mass is 264 g/mol. The van der Waals surface area contributed by atoms with Gasteiger partial charge < -0.3 is 15.6 Å². The Bertz CT molecular complexity index is 633. The lowest BCUT2D eigenvalue weighted by atomic mass is 9.92. The van der Waals surface area contributed by atoms with Crippen molar-refractivity contribution in [2.75, 3.05) is 12.8 Å². The molecule has 2 rings (SSSR count). The zero-order valence-electron chi connectivity index (χ0n) is 11.2. The number of para-hydroxylation sites is 1. The third-order valence-corrected chi connectivity index (χ3v) is 3.15. The number of hydrogen-bond donors (Lipinski definition) is 2. The highest BCUT2D eigenvalue weighted by atomic mass is 19.1. The second kappa shape index (κ2) is 4.53. The van der Waals surface area contributed by atoms with Crippen LogP contribution in [0, 0.1) is 11.2 Å². The topological polar surface area (TPSA) is 72.9 Å². The number of benzene rings is 1. The van der Waals surface area contributed by atoms with Gasteiger partial charge in [-0.2, -0.15) is 0 Å². The van der Waals surface area contributed by atoms with Crippen molar-refractivity contribution in [1.82, 2.24) is 14.9 Å². The van der Waals surface area contributed by atoms with Crippen LogP contribution >= 0.6 is 0 Å². The van der Waals surface area contributed by atoms with Gasteiger partial charge in [0.15, 0.2) is 5.82 Å². The van der Waals surface area contributed by atoms with E-state index >= 15 is 0 Å². The van der Waals surface area contributed by atoms with Crippen molar-refractivity contribution in [2.24, 2.45) is 5.41 Å². The number of nitrogens with zero attached hydrogens (tertiary/aromatic N) is 2. The zero-order chi connectivity index (χ0) is 14.2. The molecule has 0 unspecified atom stereocenters. The first-order chi connectivity index (χ1) is 8.86. The fraction of sp³-hybridized carbons (Fsp3) is 0.385. The molecule has 0 aliphatic rings. The van der Waals surface area contributed by atoms with Gasteiger partial charge in [-0.05, 0) is 26.0 Å². The van der Waals surface area contributed by atoms with Crippen LogP contribution in [-0.4, -0.2) is 22.5 Å². The highest BCUT2D eigenvalue weighted by Crippen LogP contribution is 2.26. The van der Waals surface area contributed by atoms with E-state index in [0.717, 1.165) is 0 Å². The number of nitrogens with one attached hydrogen (secondary N) is 1. The summed E-state index contributed by atoms with van der Waals surface area (Å²) in [6, 6.07) is 4.67. The minimum absolute atomic E-state index is 0.106. The van der Waals surface area contributed by atoms with Gasteiger partial charge in [-0.15, -0.1) is 0 Å². The van der Waals surface area contributed by atoms with Crippen molar-refractivity contribution in [3.63, 3.8) is 0 Å². The SMILES string of the molecule is CNC(=O)C(C)(C)Cn1c(N)nc2c(F)cccc21. The Hall–Kier alpha value is -2.11. The third kappa shape index (κ3) is 2.25. The maximum atomic E-state index is 13.6. The summed E-state index contributed by atoms with van der Waals surface area (Å²) in [5, 5.41) is 2.61. The van der Waals surface area contributed by atoms with E-state index in [1.807, 2.05) is 0 Å². The van der Waals surface area contributed by atoms with Crippen LogP contribution in [0.3, 0.4) is 0 Å². The molecule has 1 aromatic carbocycles. The molecule has 0 spiro atoms. The largest absolute Gasteiger partial charge is 0.369 e. The van der Waals surface area contributed by atoms with Crippen molar-refractivity contribution in [3.8, 4) is 0 Å². The van der Waals surface area contributed by atoms with Gasteiger partial charge in [0.25, 0.3) is 0 Å². The van der Waals surface area contributed by atoms with Crippen molar-refractivity contribution in [1.29, 1.82) is 0 Å². The van der Waals surface area contributed by atoms with E-state index in [0.29, 0.717) is 12.1 Å². The molecule has 0 aliphatic carbocycles. The lowest BCUT2D eigenvalue weighted by molar-refractivity contribution is -0.129. The number of imidazole rings is 1. The summed E-state index contributed by atoms with van der Waals surface area (Å²) < 4.78 is 15.3. The smallest absolute Gasteiger partial charge is 0.227 e. The predicted octanol–water partition coefficient (Wildman–Crippen LogP) is 1.53. The lowest BCUT2D eigenvalue weighted by Crippen LogP contribution is -2.37. The van der Waals surface area contributed by atoms with Crippen LogP contribution in [0.4, 0.5) is 10.3 Å². The molecule has 0 saturated heterocycles. The number of fused-ring (bicyclic) bond motifs is 1. The van der Waals surface area contributed by atoms with Crippen LogP contribution in [0.5, 0.6) is 0 Å². The average molecular weight is 264 g/mol. The molecule has 0 atom stereocenters. The first-order valence-electron chi connectivity index (χ1n) is 5.99. The fourth-order valence-corrected chi connectivity index (χ4v) is 2.10. The first-order valence-corrected chi connectivity index (χ1v) is 5.99. The number of aromatic nitrogens is 2. The van der Waals surface area contributed by atoms with Crippen molar-refractivity contribution in [3.05, 3.63) is 24.0 Å². The summed E-state index contributed by atoms with van der Waals surface area (Å²) >= 11 is 0. The fourth-order valence-electron chi connectivity index (χ4n) is 2.10. The first kappa shape index (κ1) is 13.3. The van der Waals surface area contributed by atoms with E-state index in [1.54, 1.807) is 37.6 Å². The number of carbonyl (C=O) groups excluding carboxylic acids is 1. The predicted molar refractivity (Wildman–Crippen MR) is 72.0 cm³/mol. The van der Waals surface area contributed by atoms with Crippen molar-refractivity contribution >= 4 is 22.9 Å². The summed E-state index contributed by atoms with van der Waals surface area (Å²) in [5.74, 6) is -0.317. The minimum Gasteiger partial charge on any atom is -0.369 e. The summed E-state index contributed by atoms with van der Waals surface area (Å²) in [6.07, 6.45) is 0. The maximum Gasteiger partial charge on any atom is 0.227 e. The van der Waals surface area contributed by atoms with Crippen LogP contribution in [0.2, 0.25) is 0 Å². The second-order valence-electron chi connectivity index (χ2n) is 5.13. The van der Waals surface area contributed by atoms with Crippen LogP contribution in [0.1, 0.15) is 13.8 Å². The molecule has 0 aliphatic heterocycles. The van der Waals surface area contributed by atoms with Gasteiger partial charge in [0.1, 0.15) is 5.52 Å². The van der Waals surface area contributed by atoms with E-state index in [9.17, 15) is 9.18 Å². The number of halogens is 1. The van der Waals surface area contributed by atoms with Gasteiger partial charge in [0, 0.05) is 13.6 Å². The molecule has 0 radical (unpaired) electrons. The second-order valence-corrected chi connectivity index (χ2v) is 5.13. The van der Waals surface area contributed by atoms with E-state index < -0.39 is 11.2 Å². The normalized spacial score (nSPS) is 11.8. The molecule has 6 heteroatoms. The van der Waals surface area contributed by atoms with Crippen LogP contribution in [0.15, 0.2) is 18.2 Å². The Balaban J connectivity index is 2.49. The van der Waals surface area contributed by atoms with Gasteiger partial charge in [0.05, 0.1) is 10.9 Å². The highest BCUT2D eigenvalue weighted by molar-refractivity contribution is 5.83. The number of hydrogen-bond acceptors (Lipinski definition) is 3. The van der Waals surface area contributed by atoms with E-state index in [1.165, 1.54) is 6.07 Å². The number of nitrogens with two attached hydrogens (primary N) is 1. The van der Waals surface area contributed by atoms with Crippen LogP contribution in [0.25, 0.3) is 11.0 Å². The van der Waals surface area contributed by atoms with Gasteiger partial charge in [-0.1, -0.05) is 6.07 Å². The summed E-state index contributed by atoms with van der Waals surface area (Å²) in [7, 11) is 1.58. The quantitative estimate of drug-likeness (QED) is 0.883. The average Bonchev–Trinajstić information content (AvgIpc) is 2.67. The van der Waals surface area contributed by atoms with Crippen molar-refractivity contribution in [2.45, 2.75) is 20.4 Å². The Morgan fingerprint density at radius 1 is 1.53 bits per heavy atom. The van der Waals surface area contributed by atoms with Gasteiger partial charge in [-0.25, -0.2) is 9.37 Å². The molecule has 19 heavy (non-hydrogen) atoms. The van der Waals surface area contributed by atoms with Gasteiger partial charge in [-0.3, -0.25) is 4.79 Å². The van der Waals surface area contributed by atoms with E-state index in [2.05, 4.69) is 10.3 Å². The lowest BCUT2D eigenvalue weighted by Gasteiger charge is -2.23.